The first-order chi connectivity index (χ1) is 10.6. The first-order valence-electron chi connectivity index (χ1n) is 6.94. The third-order valence-electron chi connectivity index (χ3n) is 3.86. The van der Waals surface area contributed by atoms with Crippen molar-refractivity contribution in [3.63, 3.8) is 0 Å². The Bertz CT molecular complexity index is 724. The van der Waals surface area contributed by atoms with E-state index < -0.39 is 12.0 Å². The van der Waals surface area contributed by atoms with Crippen molar-refractivity contribution in [2.24, 2.45) is 0 Å². The molecule has 5 heteroatoms. The molecule has 0 unspecified atom stereocenters. The van der Waals surface area contributed by atoms with E-state index in [4.69, 9.17) is 0 Å². The average molecular weight is 296 g/mol. The lowest BCUT2D eigenvalue weighted by Gasteiger charge is -2.28. The molecule has 1 atom stereocenters. The van der Waals surface area contributed by atoms with Crippen LogP contribution in [0.25, 0.3) is 0 Å². The third kappa shape index (κ3) is 2.53. The summed E-state index contributed by atoms with van der Waals surface area (Å²) in [6, 6.07) is 12.3. The van der Waals surface area contributed by atoms with Crippen LogP contribution in [0.4, 0.5) is 0 Å². The number of fused-ring (bicyclic) bond motifs is 1. The minimum Gasteiger partial charge on any atom is -0.548 e. The number of phenols is 1. The maximum absolute atomic E-state index is 12.4. The maximum atomic E-state index is 12.4. The summed E-state index contributed by atoms with van der Waals surface area (Å²) in [6.45, 7) is 0.270. The quantitative estimate of drug-likeness (QED) is 0.901. The van der Waals surface area contributed by atoms with Crippen LogP contribution in [0.3, 0.4) is 0 Å². The van der Waals surface area contributed by atoms with Gasteiger partial charge in [0.1, 0.15) is 5.75 Å². The van der Waals surface area contributed by atoms with Gasteiger partial charge in [-0.05, 0) is 35.7 Å². The highest BCUT2D eigenvalue weighted by Gasteiger charge is 2.33. The highest BCUT2D eigenvalue weighted by molar-refractivity contribution is 6.00. The molecule has 1 aliphatic rings. The molecule has 112 valence electrons. The minimum absolute atomic E-state index is 0.110. The van der Waals surface area contributed by atoms with Crippen LogP contribution in [0.2, 0.25) is 0 Å². The van der Waals surface area contributed by atoms with Crippen LogP contribution < -0.4 is 5.11 Å². The van der Waals surface area contributed by atoms with Crippen LogP contribution in [-0.2, 0) is 17.8 Å². The van der Waals surface area contributed by atoms with Crippen molar-refractivity contribution in [3.05, 3.63) is 65.2 Å². The van der Waals surface area contributed by atoms with E-state index in [2.05, 4.69) is 0 Å². The largest absolute Gasteiger partial charge is 0.548 e. The van der Waals surface area contributed by atoms with Crippen LogP contribution >= 0.6 is 0 Å². The van der Waals surface area contributed by atoms with Gasteiger partial charge < -0.3 is 19.9 Å². The van der Waals surface area contributed by atoms with Gasteiger partial charge in [-0.2, -0.15) is 0 Å². The number of aliphatic carboxylic acids is 1. The summed E-state index contributed by atoms with van der Waals surface area (Å²) in [6.07, 6.45) is 0.141. The minimum atomic E-state index is -1.28. The molecule has 1 heterocycles. The van der Waals surface area contributed by atoms with E-state index in [1.807, 2.05) is 12.1 Å². The van der Waals surface area contributed by atoms with Crippen molar-refractivity contribution >= 4 is 11.9 Å². The molecule has 3 rings (SSSR count). The van der Waals surface area contributed by atoms with Crippen molar-refractivity contribution in [2.75, 3.05) is 0 Å². The monoisotopic (exact) mass is 296 g/mol. The van der Waals surface area contributed by atoms with E-state index in [9.17, 15) is 19.8 Å². The first kappa shape index (κ1) is 14.1. The Morgan fingerprint density at radius 3 is 2.50 bits per heavy atom. The van der Waals surface area contributed by atoms with Crippen molar-refractivity contribution in [3.8, 4) is 5.75 Å². The number of carboxylic acids is 1. The Morgan fingerprint density at radius 2 is 1.86 bits per heavy atom. The van der Waals surface area contributed by atoms with Gasteiger partial charge in [0.25, 0.3) is 5.91 Å². The smallest absolute Gasteiger partial charge is 0.255 e. The molecule has 0 saturated heterocycles. The molecule has 1 amide bonds. The predicted molar refractivity (Wildman–Crippen MR) is 76.9 cm³/mol. The number of amides is 1. The number of aromatic hydroxyl groups is 1. The summed E-state index contributed by atoms with van der Waals surface area (Å²) in [5.74, 6) is -1.46. The van der Waals surface area contributed by atoms with E-state index in [0.29, 0.717) is 5.56 Å². The van der Waals surface area contributed by atoms with Gasteiger partial charge in [-0.25, -0.2) is 0 Å². The molecule has 0 radical (unpaired) electrons. The summed E-state index contributed by atoms with van der Waals surface area (Å²) in [4.78, 5) is 25.2. The molecule has 1 N–H and O–H groups in total. The third-order valence-corrected chi connectivity index (χ3v) is 3.86. The molecule has 2 aromatic carbocycles. The summed E-state index contributed by atoms with van der Waals surface area (Å²) in [7, 11) is 0. The van der Waals surface area contributed by atoms with Crippen LogP contribution in [0.1, 0.15) is 21.5 Å². The van der Waals surface area contributed by atoms with Gasteiger partial charge in [0.2, 0.25) is 0 Å². The molecule has 0 fully saturated rings. The molecule has 22 heavy (non-hydrogen) atoms. The number of phenolic OH excluding ortho intramolecular Hbond substituents is 1. The molecule has 0 bridgehead atoms. The van der Waals surface area contributed by atoms with Gasteiger partial charge in [-0.1, -0.05) is 30.3 Å². The Morgan fingerprint density at radius 1 is 1.18 bits per heavy atom. The van der Waals surface area contributed by atoms with Gasteiger partial charge in [0.05, 0.1) is 12.0 Å². The summed E-state index contributed by atoms with van der Waals surface area (Å²) >= 11 is 0. The summed E-state index contributed by atoms with van der Waals surface area (Å²) < 4.78 is 0. The standard InChI is InChI=1S/C17H15NO4/c19-13-7-5-11(6-8-13)9-15(17(21)22)18-10-12-3-1-2-4-14(12)16(18)20/h1-8,15,19H,9-10H2,(H,21,22)/p-1/t15-/m0/s1. The lowest BCUT2D eigenvalue weighted by Crippen LogP contribution is -2.49. The second-order valence-corrected chi connectivity index (χ2v) is 5.30. The fraction of sp³-hybridized carbons (Fsp3) is 0.176. The van der Waals surface area contributed by atoms with Gasteiger partial charge >= 0.3 is 0 Å². The van der Waals surface area contributed by atoms with Gasteiger partial charge in [-0.15, -0.1) is 0 Å². The number of carboxylic acid groups (broad SMARTS) is 1. The average Bonchev–Trinajstić information content (AvgIpc) is 2.84. The molecule has 0 aliphatic carbocycles. The SMILES string of the molecule is O=C([O-])[C@H](Cc1ccc(O)cc1)N1Cc2ccccc2C1=O. The molecule has 2 aromatic rings. The van der Waals surface area contributed by atoms with Gasteiger partial charge in [0.15, 0.2) is 0 Å². The number of rotatable bonds is 4. The van der Waals surface area contributed by atoms with Crippen LogP contribution in [0.5, 0.6) is 5.75 Å². The normalized spacial score (nSPS) is 14.7. The van der Waals surface area contributed by atoms with Crippen molar-refractivity contribution < 1.29 is 19.8 Å². The van der Waals surface area contributed by atoms with E-state index in [1.165, 1.54) is 17.0 Å². The molecular formula is C17H14NO4-. The molecule has 5 nitrogen and oxygen atoms in total. The zero-order valence-electron chi connectivity index (χ0n) is 11.7. The maximum Gasteiger partial charge on any atom is 0.255 e. The van der Waals surface area contributed by atoms with Gasteiger partial charge in [-0.3, -0.25) is 4.79 Å². The van der Waals surface area contributed by atoms with Crippen LogP contribution in [0, 0.1) is 0 Å². The summed E-state index contributed by atoms with van der Waals surface area (Å²) in [5.41, 5.74) is 2.08. The predicted octanol–water partition coefficient (Wildman–Crippen LogP) is 0.709. The highest BCUT2D eigenvalue weighted by Crippen LogP contribution is 2.25. The summed E-state index contributed by atoms with van der Waals surface area (Å²) in [5, 5.41) is 20.8. The lowest BCUT2D eigenvalue weighted by molar-refractivity contribution is -0.311. The molecule has 1 aliphatic heterocycles. The van der Waals surface area contributed by atoms with E-state index in [1.54, 1.807) is 24.3 Å². The highest BCUT2D eigenvalue weighted by atomic mass is 16.4. The second kappa shape index (κ2) is 5.52. The van der Waals surface area contributed by atoms with Gasteiger partial charge in [0, 0.05) is 12.1 Å². The van der Waals surface area contributed by atoms with Crippen LogP contribution in [-0.4, -0.2) is 27.9 Å². The molecular weight excluding hydrogens is 282 g/mol. The Balaban J connectivity index is 1.85. The number of carbonyl (C=O) groups excluding carboxylic acids is 2. The Hall–Kier alpha value is -2.82. The number of hydrogen-bond donors (Lipinski definition) is 1. The topological polar surface area (TPSA) is 80.7 Å². The van der Waals surface area contributed by atoms with Crippen molar-refractivity contribution in [1.82, 2.24) is 4.90 Å². The molecule has 0 saturated carbocycles. The molecule has 0 aromatic heterocycles. The number of benzene rings is 2. The van der Waals surface area contributed by atoms with Crippen molar-refractivity contribution in [1.29, 1.82) is 0 Å². The number of carbonyl (C=O) groups is 2. The van der Waals surface area contributed by atoms with E-state index >= 15 is 0 Å². The zero-order chi connectivity index (χ0) is 15.7. The number of nitrogens with zero attached hydrogens (tertiary/aromatic N) is 1. The second-order valence-electron chi connectivity index (χ2n) is 5.30. The number of hydrogen-bond acceptors (Lipinski definition) is 4. The lowest BCUT2D eigenvalue weighted by atomic mass is 10.0. The van der Waals surface area contributed by atoms with Crippen molar-refractivity contribution in [2.45, 2.75) is 19.0 Å². The molecule has 0 spiro atoms. The van der Waals surface area contributed by atoms with Crippen LogP contribution in [0.15, 0.2) is 48.5 Å². The van der Waals surface area contributed by atoms with E-state index in [-0.39, 0.29) is 24.6 Å². The Kier molecular flexibility index (Phi) is 3.55. The zero-order valence-corrected chi connectivity index (χ0v) is 11.7. The fourth-order valence-corrected chi connectivity index (χ4v) is 2.70. The fourth-order valence-electron chi connectivity index (χ4n) is 2.70. The Labute approximate surface area is 127 Å². The first-order valence-corrected chi connectivity index (χ1v) is 6.94. The van der Waals surface area contributed by atoms with E-state index in [0.717, 1.165) is 11.1 Å².